The van der Waals surface area contributed by atoms with Crippen molar-refractivity contribution in [1.82, 2.24) is 9.91 Å². The number of aromatic carboxylic acids is 1. The molecule has 2 fully saturated rings. The van der Waals surface area contributed by atoms with Gasteiger partial charge in [-0.25, -0.2) is 14.8 Å². The van der Waals surface area contributed by atoms with Gasteiger partial charge in [-0.1, -0.05) is 27.7 Å². The van der Waals surface area contributed by atoms with Gasteiger partial charge in [-0.3, -0.25) is 4.79 Å². The molecule has 2 aliphatic rings. The molecule has 1 saturated carbocycles. The van der Waals surface area contributed by atoms with E-state index in [-0.39, 0.29) is 28.2 Å². The summed E-state index contributed by atoms with van der Waals surface area (Å²) in [6.07, 6.45) is 5.83. The molecule has 2 heterocycles. The van der Waals surface area contributed by atoms with Crippen LogP contribution in [0.25, 0.3) is 0 Å². The van der Waals surface area contributed by atoms with E-state index >= 15 is 0 Å². The summed E-state index contributed by atoms with van der Waals surface area (Å²) in [5.74, 6) is -0.270. The number of piperidine rings is 1. The van der Waals surface area contributed by atoms with Crippen molar-refractivity contribution in [3.05, 3.63) is 15.8 Å². The molecule has 3 rings (SSSR count). The molecule has 174 valence electrons. The number of hydrogen-bond donors (Lipinski definition) is 1. The van der Waals surface area contributed by atoms with Crippen LogP contribution in [-0.4, -0.2) is 60.1 Å². The maximum atomic E-state index is 13.9. The van der Waals surface area contributed by atoms with Crippen LogP contribution in [0.3, 0.4) is 0 Å². The first kappa shape index (κ1) is 24.2. The van der Waals surface area contributed by atoms with Crippen molar-refractivity contribution in [2.24, 2.45) is 11.8 Å². The van der Waals surface area contributed by atoms with Crippen LogP contribution in [0.2, 0.25) is 0 Å². The first-order chi connectivity index (χ1) is 14.5. The molecule has 1 aliphatic carbocycles. The molecule has 1 saturated heterocycles. The predicted molar refractivity (Wildman–Crippen MR) is 127 cm³/mol. The van der Waals surface area contributed by atoms with E-state index in [2.05, 4.69) is 39.6 Å². The number of carbonyl (C=O) groups is 2. The van der Waals surface area contributed by atoms with E-state index in [1.54, 1.807) is 5.01 Å². The summed E-state index contributed by atoms with van der Waals surface area (Å²) in [7, 11) is 4.10. The zero-order chi connectivity index (χ0) is 22.9. The van der Waals surface area contributed by atoms with E-state index < -0.39 is 5.97 Å². The lowest BCUT2D eigenvalue weighted by atomic mass is 9.82. The lowest BCUT2D eigenvalue weighted by molar-refractivity contribution is -0.127. The molecule has 0 atom stereocenters. The summed E-state index contributed by atoms with van der Waals surface area (Å²) in [5.41, 5.74) is 0.376. The Balaban J connectivity index is 2.00. The summed E-state index contributed by atoms with van der Waals surface area (Å²) < 4.78 is 0. The van der Waals surface area contributed by atoms with Gasteiger partial charge in [0.25, 0.3) is 0 Å². The zero-order valence-electron chi connectivity index (χ0n) is 20.0. The van der Waals surface area contributed by atoms with E-state index in [1.165, 1.54) is 11.3 Å². The standard InChI is InChI=1S/C24H39N3O3S/c1-16-7-9-17(10-8-16)22(28)27(26(6)18-11-13-25(5)14-12-18)19-15-20(24(2,3)4)31-21(19)23(29)30/h15-18H,7-14H2,1-6H3,(H,29,30). The van der Waals surface area contributed by atoms with Crippen LogP contribution in [0.4, 0.5) is 5.69 Å². The van der Waals surface area contributed by atoms with Gasteiger partial charge in [-0.15, -0.1) is 11.3 Å². The SMILES string of the molecule is CC1CCC(C(=O)N(c2cc(C(C)(C)C)sc2C(=O)O)N(C)C2CCN(C)CC2)CC1. The highest BCUT2D eigenvalue weighted by molar-refractivity contribution is 7.14. The summed E-state index contributed by atoms with van der Waals surface area (Å²) in [5, 5.41) is 13.8. The molecule has 1 aliphatic heterocycles. The minimum absolute atomic E-state index is 0.0375. The molecular formula is C24H39N3O3S. The van der Waals surface area contributed by atoms with Gasteiger partial charge in [0.2, 0.25) is 5.91 Å². The van der Waals surface area contributed by atoms with Crippen LogP contribution >= 0.6 is 11.3 Å². The minimum atomic E-state index is -0.956. The Bertz CT molecular complexity index is 784. The molecule has 0 spiro atoms. The molecule has 0 unspecified atom stereocenters. The van der Waals surface area contributed by atoms with E-state index in [4.69, 9.17) is 0 Å². The lowest BCUT2D eigenvalue weighted by Crippen LogP contribution is -2.54. The molecule has 0 aromatic carbocycles. The number of nitrogens with zero attached hydrogens (tertiary/aromatic N) is 3. The van der Waals surface area contributed by atoms with E-state index in [0.29, 0.717) is 11.6 Å². The Hall–Kier alpha value is -1.44. The van der Waals surface area contributed by atoms with Gasteiger partial charge in [0.05, 0.1) is 5.69 Å². The number of thiophene rings is 1. The Morgan fingerprint density at radius 2 is 1.68 bits per heavy atom. The smallest absolute Gasteiger partial charge is 0.348 e. The second-order valence-corrected chi connectivity index (χ2v) is 11.6. The van der Waals surface area contributed by atoms with Crippen molar-refractivity contribution in [1.29, 1.82) is 0 Å². The van der Waals surface area contributed by atoms with E-state index in [1.807, 2.05) is 18.1 Å². The molecule has 1 N–H and O–H groups in total. The van der Waals surface area contributed by atoms with Crippen molar-refractivity contribution in [2.75, 3.05) is 32.2 Å². The fourth-order valence-electron chi connectivity index (χ4n) is 4.72. The number of carboxylic acids is 1. The highest BCUT2D eigenvalue weighted by atomic mass is 32.1. The van der Waals surface area contributed by atoms with Crippen LogP contribution in [-0.2, 0) is 10.2 Å². The second kappa shape index (κ2) is 9.59. The van der Waals surface area contributed by atoms with Crippen molar-refractivity contribution >= 4 is 28.9 Å². The summed E-state index contributed by atoms with van der Waals surface area (Å²) >= 11 is 1.30. The van der Waals surface area contributed by atoms with Gasteiger partial charge in [-0.2, -0.15) is 0 Å². The van der Waals surface area contributed by atoms with Gasteiger partial charge in [-0.05, 0) is 76.1 Å². The molecule has 7 heteroatoms. The Labute approximate surface area is 191 Å². The van der Waals surface area contributed by atoms with Gasteiger partial charge in [0, 0.05) is 23.9 Å². The number of hydrazine groups is 1. The van der Waals surface area contributed by atoms with E-state index in [0.717, 1.165) is 56.5 Å². The van der Waals surface area contributed by atoms with Crippen molar-refractivity contribution in [3.63, 3.8) is 0 Å². The van der Waals surface area contributed by atoms with Gasteiger partial charge in [0.1, 0.15) is 4.88 Å². The van der Waals surface area contributed by atoms with Crippen molar-refractivity contribution in [2.45, 2.75) is 77.7 Å². The van der Waals surface area contributed by atoms with Gasteiger partial charge >= 0.3 is 5.97 Å². The topological polar surface area (TPSA) is 64.1 Å². The first-order valence-corrected chi connectivity index (χ1v) is 12.4. The number of carbonyl (C=O) groups excluding carboxylic acids is 1. The second-order valence-electron chi connectivity index (χ2n) is 10.6. The molecule has 1 aromatic heterocycles. The average Bonchev–Trinajstić information content (AvgIpc) is 3.15. The summed E-state index contributed by atoms with van der Waals surface area (Å²) in [6, 6.07) is 2.17. The van der Waals surface area contributed by atoms with Gasteiger partial charge in [0.15, 0.2) is 0 Å². The Morgan fingerprint density at radius 3 is 2.19 bits per heavy atom. The zero-order valence-corrected chi connectivity index (χ0v) is 20.8. The molecule has 0 bridgehead atoms. The number of rotatable bonds is 5. The number of amides is 1. The normalized spacial score (nSPS) is 23.8. The quantitative estimate of drug-likeness (QED) is 0.652. The Morgan fingerprint density at radius 1 is 1.10 bits per heavy atom. The monoisotopic (exact) mass is 449 g/mol. The van der Waals surface area contributed by atoms with Crippen LogP contribution in [0, 0.1) is 11.8 Å². The number of likely N-dealkylation sites (tertiary alicyclic amines) is 1. The molecule has 1 amide bonds. The molecule has 0 radical (unpaired) electrons. The van der Waals surface area contributed by atoms with Crippen LogP contribution in [0.15, 0.2) is 6.07 Å². The van der Waals surface area contributed by atoms with Crippen molar-refractivity contribution in [3.8, 4) is 0 Å². The molecule has 31 heavy (non-hydrogen) atoms. The highest BCUT2D eigenvalue weighted by Gasteiger charge is 2.37. The minimum Gasteiger partial charge on any atom is -0.477 e. The lowest BCUT2D eigenvalue weighted by Gasteiger charge is -2.42. The first-order valence-electron chi connectivity index (χ1n) is 11.6. The fraction of sp³-hybridized carbons (Fsp3) is 0.750. The third kappa shape index (κ3) is 5.49. The number of carboxylic acid groups (broad SMARTS) is 1. The summed E-state index contributed by atoms with van der Waals surface area (Å²) in [6.45, 7) is 10.5. The summed E-state index contributed by atoms with van der Waals surface area (Å²) in [4.78, 5) is 29.6. The predicted octanol–water partition coefficient (Wildman–Crippen LogP) is 4.84. The van der Waals surface area contributed by atoms with Crippen LogP contribution in [0.1, 0.15) is 80.8 Å². The van der Waals surface area contributed by atoms with E-state index in [9.17, 15) is 14.7 Å². The highest BCUT2D eigenvalue weighted by Crippen LogP contribution is 2.40. The molecular weight excluding hydrogens is 410 g/mol. The number of anilines is 1. The fourth-order valence-corrected chi connectivity index (χ4v) is 5.75. The largest absolute Gasteiger partial charge is 0.477 e. The molecule has 1 aromatic rings. The maximum Gasteiger partial charge on any atom is 0.348 e. The number of hydrogen-bond acceptors (Lipinski definition) is 5. The third-order valence-electron chi connectivity index (χ3n) is 6.98. The average molecular weight is 450 g/mol. The third-order valence-corrected chi connectivity index (χ3v) is 8.52. The molecule has 6 nitrogen and oxygen atoms in total. The van der Waals surface area contributed by atoms with Crippen LogP contribution < -0.4 is 5.01 Å². The van der Waals surface area contributed by atoms with Gasteiger partial charge < -0.3 is 10.0 Å². The van der Waals surface area contributed by atoms with Crippen LogP contribution in [0.5, 0.6) is 0 Å². The van der Waals surface area contributed by atoms with Crippen molar-refractivity contribution < 1.29 is 14.7 Å². The Kier molecular flexibility index (Phi) is 7.49. The maximum absolute atomic E-state index is 13.9.